The van der Waals surface area contributed by atoms with E-state index in [4.69, 9.17) is 5.11 Å². The lowest BCUT2D eigenvalue weighted by Gasteiger charge is -2.16. The Labute approximate surface area is 92.8 Å². The summed E-state index contributed by atoms with van der Waals surface area (Å²) >= 11 is 0. The van der Waals surface area contributed by atoms with E-state index in [1.54, 1.807) is 24.5 Å². The first-order valence-corrected chi connectivity index (χ1v) is 5.03. The monoisotopic (exact) mass is 219 g/mol. The first-order valence-electron chi connectivity index (χ1n) is 5.03. The van der Waals surface area contributed by atoms with Crippen LogP contribution in [0.5, 0.6) is 0 Å². The Hall–Kier alpha value is -1.49. The molecule has 1 heterocycles. The van der Waals surface area contributed by atoms with Crippen molar-refractivity contribution in [3.05, 3.63) is 42.2 Å². The largest absolute Gasteiger partial charge is 0.394 e. The predicted octanol–water partition coefficient (Wildman–Crippen LogP) is 0.621. The van der Waals surface area contributed by atoms with Gasteiger partial charge in [0.1, 0.15) is 12.2 Å². The van der Waals surface area contributed by atoms with Gasteiger partial charge in [-0.05, 0) is 23.1 Å². The molecular formula is C12H13NO3. The average molecular weight is 219 g/mol. The Morgan fingerprint density at radius 3 is 2.69 bits per heavy atom. The van der Waals surface area contributed by atoms with Crippen LogP contribution < -0.4 is 0 Å². The number of pyridine rings is 1. The van der Waals surface area contributed by atoms with Crippen molar-refractivity contribution in [3.63, 3.8) is 0 Å². The molecule has 16 heavy (non-hydrogen) atoms. The molecule has 0 bridgehead atoms. The molecule has 2 rings (SSSR count). The molecule has 0 aliphatic rings. The van der Waals surface area contributed by atoms with Gasteiger partial charge in [0.15, 0.2) is 0 Å². The van der Waals surface area contributed by atoms with E-state index in [0.717, 1.165) is 10.8 Å². The molecule has 0 amide bonds. The van der Waals surface area contributed by atoms with Gasteiger partial charge in [-0.2, -0.15) is 0 Å². The smallest absolute Gasteiger partial charge is 0.107 e. The molecule has 2 unspecified atom stereocenters. The van der Waals surface area contributed by atoms with Gasteiger partial charge in [0.05, 0.1) is 6.61 Å². The van der Waals surface area contributed by atoms with Crippen LogP contribution in [-0.2, 0) is 0 Å². The van der Waals surface area contributed by atoms with E-state index in [0.29, 0.717) is 5.56 Å². The zero-order chi connectivity index (χ0) is 11.5. The maximum atomic E-state index is 9.72. The molecule has 0 radical (unpaired) electrons. The number of benzene rings is 1. The Morgan fingerprint density at radius 2 is 1.94 bits per heavy atom. The summed E-state index contributed by atoms with van der Waals surface area (Å²) in [4.78, 5) is 3.99. The van der Waals surface area contributed by atoms with Crippen LogP contribution >= 0.6 is 0 Å². The molecular weight excluding hydrogens is 206 g/mol. The summed E-state index contributed by atoms with van der Waals surface area (Å²) in [6.45, 7) is -0.463. The lowest BCUT2D eigenvalue weighted by molar-refractivity contribution is -0.0152. The molecule has 4 nitrogen and oxygen atoms in total. The normalized spacial score (nSPS) is 14.9. The third-order valence-corrected chi connectivity index (χ3v) is 2.56. The molecule has 4 heteroatoms. The molecule has 0 aliphatic carbocycles. The summed E-state index contributed by atoms with van der Waals surface area (Å²) in [5.74, 6) is 0. The molecule has 2 atom stereocenters. The first-order chi connectivity index (χ1) is 7.72. The van der Waals surface area contributed by atoms with Crippen LogP contribution in [0.25, 0.3) is 10.8 Å². The number of rotatable bonds is 3. The molecule has 0 fully saturated rings. The number of fused-ring (bicyclic) bond motifs is 1. The average Bonchev–Trinajstić information content (AvgIpc) is 2.36. The number of aromatic nitrogens is 1. The maximum absolute atomic E-state index is 9.72. The topological polar surface area (TPSA) is 73.6 Å². The second-order valence-corrected chi connectivity index (χ2v) is 3.68. The van der Waals surface area contributed by atoms with Gasteiger partial charge < -0.3 is 15.3 Å². The summed E-state index contributed by atoms with van der Waals surface area (Å²) in [5, 5.41) is 29.7. The van der Waals surface area contributed by atoms with E-state index in [1.807, 2.05) is 12.1 Å². The van der Waals surface area contributed by atoms with Crippen molar-refractivity contribution in [3.8, 4) is 0 Å². The van der Waals surface area contributed by atoms with E-state index in [2.05, 4.69) is 4.98 Å². The van der Waals surface area contributed by atoms with Crippen molar-refractivity contribution >= 4 is 10.8 Å². The van der Waals surface area contributed by atoms with Crippen molar-refractivity contribution < 1.29 is 15.3 Å². The van der Waals surface area contributed by atoms with Crippen LogP contribution in [0.4, 0.5) is 0 Å². The molecule has 0 saturated carbocycles. The predicted molar refractivity (Wildman–Crippen MR) is 59.8 cm³/mol. The van der Waals surface area contributed by atoms with Crippen molar-refractivity contribution in [2.75, 3.05) is 6.61 Å². The van der Waals surface area contributed by atoms with E-state index < -0.39 is 18.8 Å². The minimum absolute atomic E-state index is 0.463. The third-order valence-electron chi connectivity index (χ3n) is 2.56. The Balaban J connectivity index is 2.39. The van der Waals surface area contributed by atoms with Crippen molar-refractivity contribution in [1.82, 2.24) is 4.98 Å². The lowest BCUT2D eigenvalue weighted by Crippen LogP contribution is -2.21. The fraction of sp³-hybridized carbons (Fsp3) is 0.250. The maximum Gasteiger partial charge on any atom is 0.107 e. The highest BCUT2D eigenvalue weighted by Gasteiger charge is 2.17. The van der Waals surface area contributed by atoms with E-state index in [-0.39, 0.29) is 0 Å². The fourth-order valence-corrected chi connectivity index (χ4v) is 1.61. The second-order valence-electron chi connectivity index (χ2n) is 3.68. The van der Waals surface area contributed by atoms with Gasteiger partial charge in [-0.1, -0.05) is 12.1 Å². The van der Waals surface area contributed by atoms with Crippen LogP contribution in [0.3, 0.4) is 0 Å². The van der Waals surface area contributed by atoms with Gasteiger partial charge in [0.25, 0.3) is 0 Å². The summed E-state index contributed by atoms with van der Waals surface area (Å²) in [7, 11) is 0. The molecule has 0 spiro atoms. The fourth-order valence-electron chi connectivity index (χ4n) is 1.61. The van der Waals surface area contributed by atoms with Crippen LogP contribution in [0, 0.1) is 0 Å². The zero-order valence-corrected chi connectivity index (χ0v) is 8.61. The highest BCUT2D eigenvalue weighted by molar-refractivity contribution is 5.82. The van der Waals surface area contributed by atoms with E-state index in [9.17, 15) is 10.2 Å². The van der Waals surface area contributed by atoms with Gasteiger partial charge in [0.2, 0.25) is 0 Å². The number of aliphatic hydroxyl groups excluding tert-OH is 3. The molecule has 0 aliphatic heterocycles. The zero-order valence-electron chi connectivity index (χ0n) is 8.61. The van der Waals surface area contributed by atoms with Gasteiger partial charge in [-0.15, -0.1) is 0 Å². The van der Waals surface area contributed by atoms with Crippen LogP contribution in [0.15, 0.2) is 36.7 Å². The Morgan fingerprint density at radius 1 is 1.12 bits per heavy atom. The van der Waals surface area contributed by atoms with Crippen molar-refractivity contribution in [1.29, 1.82) is 0 Å². The van der Waals surface area contributed by atoms with Crippen molar-refractivity contribution in [2.45, 2.75) is 12.2 Å². The van der Waals surface area contributed by atoms with Gasteiger partial charge in [-0.3, -0.25) is 4.98 Å². The Bertz CT molecular complexity index is 486. The number of hydrogen-bond donors (Lipinski definition) is 3. The molecule has 1 aromatic heterocycles. The van der Waals surface area contributed by atoms with Crippen LogP contribution in [0.1, 0.15) is 11.7 Å². The van der Waals surface area contributed by atoms with Crippen molar-refractivity contribution in [2.24, 2.45) is 0 Å². The molecule has 0 saturated heterocycles. The second kappa shape index (κ2) is 4.57. The first kappa shape index (κ1) is 11.0. The van der Waals surface area contributed by atoms with Crippen LogP contribution in [-0.4, -0.2) is 33.0 Å². The standard InChI is InChI=1S/C12H13NO3/c14-7-11(15)12(16)9-1-2-10-6-13-4-3-8(10)5-9/h1-6,11-12,14-16H,7H2. The minimum Gasteiger partial charge on any atom is -0.394 e. The Kier molecular flexibility index (Phi) is 3.14. The van der Waals surface area contributed by atoms with Crippen LogP contribution in [0.2, 0.25) is 0 Å². The SMILES string of the molecule is OCC(O)C(O)c1ccc2cnccc2c1. The summed E-state index contributed by atoms with van der Waals surface area (Å²) in [6, 6.07) is 7.15. The van der Waals surface area contributed by atoms with E-state index >= 15 is 0 Å². The molecule has 84 valence electrons. The number of aliphatic hydroxyl groups is 3. The summed E-state index contributed by atoms with van der Waals surface area (Å²) in [5.41, 5.74) is 0.584. The van der Waals surface area contributed by atoms with Gasteiger partial charge in [0, 0.05) is 17.8 Å². The molecule has 1 aromatic carbocycles. The summed E-state index contributed by atoms with van der Waals surface area (Å²) < 4.78 is 0. The highest BCUT2D eigenvalue weighted by atomic mass is 16.4. The molecule has 3 N–H and O–H groups in total. The lowest BCUT2D eigenvalue weighted by atomic mass is 10.0. The van der Waals surface area contributed by atoms with Gasteiger partial charge in [-0.25, -0.2) is 0 Å². The molecule has 2 aromatic rings. The summed E-state index contributed by atoms with van der Waals surface area (Å²) in [6.07, 6.45) is 1.18. The third kappa shape index (κ3) is 2.04. The van der Waals surface area contributed by atoms with Gasteiger partial charge >= 0.3 is 0 Å². The number of nitrogens with zero attached hydrogens (tertiary/aromatic N) is 1. The minimum atomic E-state index is -1.15. The quantitative estimate of drug-likeness (QED) is 0.707. The highest BCUT2D eigenvalue weighted by Crippen LogP contribution is 2.21. The number of hydrogen-bond acceptors (Lipinski definition) is 4. The van der Waals surface area contributed by atoms with E-state index in [1.165, 1.54) is 0 Å².